The van der Waals surface area contributed by atoms with Gasteiger partial charge in [-0.3, -0.25) is 0 Å². The molecule has 0 unspecified atom stereocenters. The first-order chi connectivity index (χ1) is 9.02. The summed E-state index contributed by atoms with van der Waals surface area (Å²) in [6.07, 6.45) is 0. The van der Waals surface area contributed by atoms with E-state index in [0.29, 0.717) is 11.6 Å². The maximum absolute atomic E-state index is 13.8. The summed E-state index contributed by atoms with van der Waals surface area (Å²) in [5.41, 5.74) is 1.17. The van der Waals surface area contributed by atoms with Gasteiger partial charge in [-0.2, -0.15) is 0 Å². The minimum atomic E-state index is -0.451. The van der Waals surface area contributed by atoms with Gasteiger partial charge in [-0.05, 0) is 31.2 Å². The van der Waals surface area contributed by atoms with Crippen molar-refractivity contribution in [3.63, 3.8) is 0 Å². The average molecular weight is 282 g/mol. The number of rotatable bonds is 4. The maximum Gasteiger partial charge on any atom is 0.133 e. The Hall–Kier alpha value is -1.33. The van der Waals surface area contributed by atoms with E-state index < -0.39 is 11.6 Å². The van der Waals surface area contributed by atoms with Crippen molar-refractivity contribution in [1.82, 2.24) is 10.3 Å². The van der Waals surface area contributed by atoms with E-state index in [2.05, 4.69) is 10.3 Å². The van der Waals surface area contributed by atoms with Crippen LogP contribution in [0, 0.1) is 11.6 Å². The van der Waals surface area contributed by atoms with Crippen molar-refractivity contribution in [3.05, 3.63) is 40.4 Å². The minimum Gasteiger partial charge on any atom is -0.315 e. The van der Waals surface area contributed by atoms with Gasteiger partial charge in [0.1, 0.15) is 16.6 Å². The molecular formula is C14H16F2N2S. The molecule has 0 bridgehead atoms. The van der Waals surface area contributed by atoms with Crippen LogP contribution >= 0.6 is 11.3 Å². The normalized spacial score (nSPS) is 11.3. The van der Waals surface area contributed by atoms with Crippen molar-refractivity contribution >= 4 is 11.3 Å². The smallest absolute Gasteiger partial charge is 0.133 e. The van der Waals surface area contributed by atoms with Crippen molar-refractivity contribution in [3.8, 4) is 10.6 Å². The van der Waals surface area contributed by atoms with Crippen LogP contribution in [0.1, 0.15) is 30.3 Å². The van der Waals surface area contributed by atoms with Crippen LogP contribution in [0.2, 0.25) is 0 Å². The number of aromatic nitrogens is 1. The second-order valence-corrected chi connectivity index (χ2v) is 5.72. The van der Waals surface area contributed by atoms with Gasteiger partial charge in [0, 0.05) is 17.0 Å². The molecule has 0 aliphatic carbocycles. The molecule has 0 radical (unpaired) electrons. The molecule has 0 spiro atoms. The van der Waals surface area contributed by atoms with Gasteiger partial charge in [0.15, 0.2) is 0 Å². The highest BCUT2D eigenvalue weighted by molar-refractivity contribution is 7.15. The first kappa shape index (κ1) is 14.1. The van der Waals surface area contributed by atoms with E-state index >= 15 is 0 Å². The first-order valence-corrected chi connectivity index (χ1v) is 6.94. The highest BCUT2D eigenvalue weighted by Crippen LogP contribution is 2.33. The number of hydrogen-bond acceptors (Lipinski definition) is 3. The van der Waals surface area contributed by atoms with Crippen LogP contribution in [0.4, 0.5) is 8.78 Å². The topological polar surface area (TPSA) is 24.9 Å². The van der Waals surface area contributed by atoms with Crippen molar-refractivity contribution in [2.45, 2.75) is 26.3 Å². The van der Waals surface area contributed by atoms with Crippen LogP contribution in [0.15, 0.2) is 18.2 Å². The van der Waals surface area contributed by atoms with Gasteiger partial charge >= 0.3 is 0 Å². The van der Waals surface area contributed by atoms with E-state index in [-0.39, 0.29) is 11.5 Å². The van der Waals surface area contributed by atoms with Crippen molar-refractivity contribution in [2.24, 2.45) is 0 Å². The summed E-state index contributed by atoms with van der Waals surface area (Å²) in [4.78, 5) is 5.54. The third-order valence-corrected chi connectivity index (χ3v) is 3.88. The third kappa shape index (κ3) is 2.98. The largest absolute Gasteiger partial charge is 0.315 e. The molecule has 0 aliphatic rings. The Morgan fingerprint density at radius 3 is 2.68 bits per heavy atom. The third-order valence-electron chi connectivity index (χ3n) is 2.77. The van der Waals surface area contributed by atoms with Gasteiger partial charge in [-0.25, -0.2) is 13.8 Å². The van der Waals surface area contributed by atoms with E-state index in [1.54, 1.807) is 0 Å². The number of halogens is 2. The summed E-state index contributed by atoms with van der Waals surface area (Å²) in [6.45, 7) is 4.77. The first-order valence-electron chi connectivity index (χ1n) is 6.12. The van der Waals surface area contributed by atoms with Crippen molar-refractivity contribution in [2.75, 3.05) is 7.05 Å². The highest BCUT2D eigenvalue weighted by Gasteiger charge is 2.17. The number of nitrogens with zero attached hydrogens (tertiary/aromatic N) is 1. The van der Waals surface area contributed by atoms with Crippen LogP contribution in [0.25, 0.3) is 10.6 Å². The molecule has 19 heavy (non-hydrogen) atoms. The molecule has 1 aromatic heterocycles. The Kier molecular flexibility index (Phi) is 4.27. The molecule has 2 rings (SSSR count). The van der Waals surface area contributed by atoms with E-state index in [4.69, 9.17) is 0 Å². The van der Waals surface area contributed by atoms with Gasteiger partial charge in [-0.1, -0.05) is 13.8 Å². The predicted octanol–water partition coefficient (Wildman–Crippen LogP) is 3.93. The Labute approximate surface area is 115 Å². The molecule has 0 saturated carbocycles. The fraction of sp³-hybridized carbons (Fsp3) is 0.357. The number of thiazole rings is 1. The zero-order valence-electron chi connectivity index (χ0n) is 11.1. The van der Waals surface area contributed by atoms with Crippen LogP contribution in [0.5, 0.6) is 0 Å². The summed E-state index contributed by atoms with van der Waals surface area (Å²) >= 11 is 1.41. The Bertz CT molecular complexity index is 579. The number of benzene rings is 1. The van der Waals surface area contributed by atoms with Gasteiger partial charge in [0.25, 0.3) is 0 Å². The van der Waals surface area contributed by atoms with Crippen LogP contribution in [-0.4, -0.2) is 12.0 Å². The molecule has 102 valence electrons. The van der Waals surface area contributed by atoms with E-state index in [0.717, 1.165) is 22.7 Å². The zero-order chi connectivity index (χ0) is 14.0. The summed E-state index contributed by atoms with van der Waals surface area (Å²) in [7, 11) is 1.85. The van der Waals surface area contributed by atoms with Gasteiger partial charge in [0.05, 0.1) is 5.69 Å². The summed E-state index contributed by atoms with van der Waals surface area (Å²) in [6, 6.07) is 3.45. The summed E-state index contributed by atoms with van der Waals surface area (Å²) in [5, 5.41) is 3.61. The van der Waals surface area contributed by atoms with E-state index in [9.17, 15) is 8.78 Å². The molecule has 1 heterocycles. The monoisotopic (exact) mass is 282 g/mol. The molecule has 0 amide bonds. The lowest BCUT2D eigenvalue weighted by molar-refractivity contribution is 0.603. The highest BCUT2D eigenvalue weighted by atomic mass is 32.1. The standard InChI is InChI=1S/C14H16F2N2S/c1-8(2)13-12(7-17-3)19-14(18-13)10-6-9(15)4-5-11(10)16/h4-6,8,17H,7H2,1-3H3. The average Bonchev–Trinajstić information content (AvgIpc) is 2.77. The fourth-order valence-corrected chi connectivity index (χ4v) is 3.12. The fourth-order valence-electron chi connectivity index (χ4n) is 1.88. The number of nitrogens with one attached hydrogen (secondary N) is 1. The van der Waals surface area contributed by atoms with Crippen molar-refractivity contribution in [1.29, 1.82) is 0 Å². The molecule has 5 heteroatoms. The summed E-state index contributed by atoms with van der Waals surface area (Å²) in [5.74, 6) is -0.640. The summed E-state index contributed by atoms with van der Waals surface area (Å²) < 4.78 is 27.0. The SMILES string of the molecule is CNCc1sc(-c2cc(F)ccc2F)nc1C(C)C. The second-order valence-electron chi connectivity index (χ2n) is 4.64. The number of hydrogen-bond donors (Lipinski definition) is 1. The van der Waals surface area contributed by atoms with Crippen LogP contribution in [0.3, 0.4) is 0 Å². The molecule has 1 N–H and O–H groups in total. The molecule has 1 aromatic carbocycles. The Morgan fingerprint density at radius 1 is 1.32 bits per heavy atom. The second kappa shape index (κ2) is 5.75. The molecule has 2 nitrogen and oxygen atoms in total. The van der Waals surface area contributed by atoms with Gasteiger partial charge in [0.2, 0.25) is 0 Å². The minimum absolute atomic E-state index is 0.231. The van der Waals surface area contributed by atoms with Crippen LogP contribution < -0.4 is 5.32 Å². The molecule has 0 fully saturated rings. The molecule has 2 aromatic rings. The molecule has 0 atom stereocenters. The Morgan fingerprint density at radius 2 is 2.05 bits per heavy atom. The zero-order valence-corrected chi connectivity index (χ0v) is 11.9. The van der Waals surface area contributed by atoms with Gasteiger partial charge in [-0.15, -0.1) is 11.3 Å². The maximum atomic E-state index is 13.8. The lowest BCUT2D eigenvalue weighted by Gasteiger charge is -2.03. The van der Waals surface area contributed by atoms with E-state index in [1.165, 1.54) is 17.4 Å². The van der Waals surface area contributed by atoms with Crippen molar-refractivity contribution < 1.29 is 8.78 Å². The lowest BCUT2D eigenvalue weighted by Crippen LogP contribution is -2.06. The van der Waals surface area contributed by atoms with Crippen LogP contribution in [-0.2, 0) is 6.54 Å². The quantitative estimate of drug-likeness (QED) is 0.919. The van der Waals surface area contributed by atoms with Gasteiger partial charge < -0.3 is 5.32 Å². The molecular weight excluding hydrogens is 266 g/mol. The molecule has 0 saturated heterocycles. The molecule has 0 aliphatic heterocycles. The van der Waals surface area contributed by atoms with E-state index in [1.807, 2.05) is 20.9 Å². The predicted molar refractivity (Wildman–Crippen MR) is 74.3 cm³/mol. The Balaban J connectivity index is 2.50. The lowest BCUT2D eigenvalue weighted by atomic mass is 10.1.